The van der Waals surface area contributed by atoms with Gasteiger partial charge in [0.05, 0.1) is 11.1 Å². The van der Waals surface area contributed by atoms with Gasteiger partial charge >= 0.3 is 0 Å². The maximum Gasteiger partial charge on any atom is 0.0808 e. The lowest BCUT2D eigenvalue weighted by Crippen LogP contribution is -2.02. The molecular weight excluding hydrogens is 186 g/mol. The number of aliphatic hydroxyl groups excluding tert-OH is 1. The summed E-state index contributed by atoms with van der Waals surface area (Å²) in [7, 11) is 0. The van der Waals surface area contributed by atoms with Crippen molar-refractivity contribution < 1.29 is 5.11 Å². The van der Waals surface area contributed by atoms with E-state index in [1.54, 1.807) is 18.5 Å². The van der Waals surface area contributed by atoms with Crippen LogP contribution in [0.2, 0.25) is 5.02 Å². The third-order valence-electron chi connectivity index (χ3n) is 1.86. The Kier molecular flexibility index (Phi) is 3.70. The van der Waals surface area contributed by atoms with E-state index in [1.807, 2.05) is 0 Å². The lowest BCUT2D eigenvalue weighted by atomic mass is 10.0. The molecule has 0 aliphatic heterocycles. The normalized spacial score (nSPS) is 13.3. The van der Waals surface area contributed by atoms with Crippen molar-refractivity contribution in [2.75, 3.05) is 0 Å². The zero-order valence-corrected chi connectivity index (χ0v) is 8.62. The summed E-state index contributed by atoms with van der Waals surface area (Å²) < 4.78 is 0. The molecule has 0 aliphatic rings. The van der Waals surface area contributed by atoms with Crippen molar-refractivity contribution >= 4 is 11.6 Å². The standard InChI is InChI=1S/C10H14ClNO/c1-7(2)5-10(13)8-3-4-12-6-9(8)11/h3-4,6-7,10,13H,5H2,1-2H3. The third kappa shape index (κ3) is 2.98. The molecule has 1 rings (SSSR count). The molecule has 0 spiro atoms. The van der Waals surface area contributed by atoms with Crippen LogP contribution in [0.4, 0.5) is 0 Å². The molecule has 0 saturated heterocycles. The molecule has 1 aromatic heterocycles. The van der Waals surface area contributed by atoms with E-state index in [-0.39, 0.29) is 0 Å². The summed E-state index contributed by atoms with van der Waals surface area (Å²) >= 11 is 5.88. The van der Waals surface area contributed by atoms with Crippen LogP contribution >= 0.6 is 11.6 Å². The highest BCUT2D eigenvalue weighted by Crippen LogP contribution is 2.26. The quantitative estimate of drug-likeness (QED) is 0.812. The molecule has 3 heteroatoms. The maximum atomic E-state index is 9.76. The molecule has 13 heavy (non-hydrogen) atoms. The number of hydrogen-bond donors (Lipinski definition) is 1. The van der Waals surface area contributed by atoms with Crippen LogP contribution in [0.5, 0.6) is 0 Å². The van der Waals surface area contributed by atoms with E-state index in [0.717, 1.165) is 12.0 Å². The van der Waals surface area contributed by atoms with Gasteiger partial charge in [0.1, 0.15) is 0 Å². The van der Waals surface area contributed by atoms with Gasteiger partial charge in [0.2, 0.25) is 0 Å². The summed E-state index contributed by atoms with van der Waals surface area (Å²) in [4.78, 5) is 3.86. The van der Waals surface area contributed by atoms with E-state index in [2.05, 4.69) is 18.8 Å². The highest BCUT2D eigenvalue weighted by atomic mass is 35.5. The van der Waals surface area contributed by atoms with Crippen molar-refractivity contribution in [2.24, 2.45) is 5.92 Å². The first kappa shape index (κ1) is 10.5. The number of rotatable bonds is 3. The van der Waals surface area contributed by atoms with Crippen LogP contribution in [-0.2, 0) is 0 Å². The van der Waals surface area contributed by atoms with E-state index in [0.29, 0.717) is 10.9 Å². The Morgan fingerprint density at radius 1 is 1.54 bits per heavy atom. The van der Waals surface area contributed by atoms with Crippen LogP contribution in [0.1, 0.15) is 31.9 Å². The molecule has 1 heterocycles. The second kappa shape index (κ2) is 4.58. The molecule has 72 valence electrons. The molecule has 1 atom stereocenters. The molecule has 1 unspecified atom stereocenters. The number of aliphatic hydroxyl groups is 1. The largest absolute Gasteiger partial charge is 0.388 e. The SMILES string of the molecule is CC(C)CC(O)c1ccncc1Cl. The van der Waals surface area contributed by atoms with Gasteiger partial charge < -0.3 is 5.11 Å². The topological polar surface area (TPSA) is 33.1 Å². The molecule has 2 nitrogen and oxygen atoms in total. The Morgan fingerprint density at radius 2 is 2.23 bits per heavy atom. The lowest BCUT2D eigenvalue weighted by molar-refractivity contribution is 0.151. The van der Waals surface area contributed by atoms with Crippen molar-refractivity contribution in [1.82, 2.24) is 4.98 Å². The van der Waals surface area contributed by atoms with Crippen LogP contribution in [0.3, 0.4) is 0 Å². The second-order valence-electron chi connectivity index (χ2n) is 3.54. The van der Waals surface area contributed by atoms with Crippen molar-refractivity contribution in [3.05, 3.63) is 29.0 Å². The van der Waals surface area contributed by atoms with E-state index in [9.17, 15) is 5.11 Å². The summed E-state index contributed by atoms with van der Waals surface area (Å²) in [5, 5.41) is 10.3. The summed E-state index contributed by atoms with van der Waals surface area (Å²) in [6.45, 7) is 4.14. The number of halogens is 1. The number of hydrogen-bond acceptors (Lipinski definition) is 2. The fourth-order valence-electron chi connectivity index (χ4n) is 1.23. The second-order valence-corrected chi connectivity index (χ2v) is 3.95. The van der Waals surface area contributed by atoms with Crippen LogP contribution in [-0.4, -0.2) is 10.1 Å². The Morgan fingerprint density at radius 3 is 2.77 bits per heavy atom. The van der Waals surface area contributed by atoms with Crippen molar-refractivity contribution in [3.8, 4) is 0 Å². The number of nitrogens with zero attached hydrogens (tertiary/aromatic N) is 1. The fourth-order valence-corrected chi connectivity index (χ4v) is 1.47. The average Bonchev–Trinajstić information content (AvgIpc) is 2.03. The van der Waals surface area contributed by atoms with Crippen LogP contribution in [0.25, 0.3) is 0 Å². The van der Waals surface area contributed by atoms with Gasteiger partial charge in [-0.2, -0.15) is 0 Å². The van der Waals surface area contributed by atoms with Gasteiger partial charge in [-0.05, 0) is 18.4 Å². The zero-order valence-electron chi connectivity index (χ0n) is 7.87. The highest BCUT2D eigenvalue weighted by molar-refractivity contribution is 6.31. The average molecular weight is 200 g/mol. The highest BCUT2D eigenvalue weighted by Gasteiger charge is 2.12. The van der Waals surface area contributed by atoms with Gasteiger partial charge in [-0.1, -0.05) is 25.4 Å². The monoisotopic (exact) mass is 199 g/mol. The van der Waals surface area contributed by atoms with Crippen LogP contribution in [0.15, 0.2) is 18.5 Å². The maximum absolute atomic E-state index is 9.76. The van der Waals surface area contributed by atoms with Crippen molar-refractivity contribution in [2.45, 2.75) is 26.4 Å². The van der Waals surface area contributed by atoms with Gasteiger partial charge in [-0.15, -0.1) is 0 Å². The predicted molar refractivity (Wildman–Crippen MR) is 53.7 cm³/mol. The molecule has 0 aliphatic carbocycles. The summed E-state index contributed by atoms with van der Waals surface area (Å²) in [6.07, 6.45) is 3.45. The molecule has 1 N–H and O–H groups in total. The number of aromatic nitrogens is 1. The predicted octanol–water partition coefficient (Wildman–Crippen LogP) is 2.81. The Bertz CT molecular complexity index is 275. The number of pyridine rings is 1. The van der Waals surface area contributed by atoms with Gasteiger partial charge in [-0.25, -0.2) is 0 Å². The summed E-state index contributed by atoms with van der Waals surface area (Å²) in [6, 6.07) is 1.76. The molecule has 0 aromatic carbocycles. The Labute approximate surface area is 83.6 Å². The van der Waals surface area contributed by atoms with Crippen molar-refractivity contribution in [1.29, 1.82) is 0 Å². The minimum atomic E-state index is -0.476. The molecule has 0 amide bonds. The molecule has 1 aromatic rings. The first-order valence-electron chi connectivity index (χ1n) is 4.38. The third-order valence-corrected chi connectivity index (χ3v) is 2.17. The molecule has 0 fully saturated rings. The van der Waals surface area contributed by atoms with Gasteiger partial charge in [0.25, 0.3) is 0 Å². The van der Waals surface area contributed by atoms with Crippen LogP contribution < -0.4 is 0 Å². The molecule has 0 radical (unpaired) electrons. The minimum Gasteiger partial charge on any atom is -0.388 e. The Balaban J connectivity index is 2.76. The fraction of sp³-hybridized carbons (Fsp3) is 0.500. The smallest absolute Gasteiger partial charge is 0.0808 e. The first-order chi connectivity index (χ1) is 6.11. The molecule has 0 saturated carbocycles. The molecule has 0 bridgehead atoms. The summed E-state index contributed by atoms with van der Waals surface area (Å²) in [5.41, 5.74) is 0.769. The van der Waals surface area contributed by atoms with E-state index < -0.39 is 6.10 Å². The Hall–Kier alpha value is -0.600. The van der Waals surface area contributed by atoms with E-state index in [4.69, 9.17) is 11.6 Å². The molecular formula is C10H14ClNO. The first-order valence-corrected chi connectivity index (χ1v) is 4.76. The minimum absolute atomic E-state index is 0.458. The van der Waals surface area contributed by atoms with Gasteiger partial charge in [0.15, 0.2) is 0 Å². The van der Waals surface area contributed by atoms with Gasteiger partial charge in [0, 0.05) is 18.0 Å². The zero-order chi connectivity index (χ0) is 9.84. The lowest BCUT2D eigenvalue weighted by Gasteiger charge is -2.13. The van der Waals surface area contributed by atoms with Crippen molar-refractivity contribution in [3.63, 3.8) is 0 Å². The van der Waals surface area contributed by atoms with Gasteiger partial charge in [-0.3, -0.25) is 4.98 Å². The van der Waals surface area contributed by atoms with Crippen LogP contribution in [0, 0.1) is 5.92 Å². The van der Waals surface area contributed by atoms with E-state index in [1.165, 1.54) is 0 Å². The van der Waals surface area contributed by atoms with E-state index >= 15 is 0 Å². The summed E-state index contributed by atoms with van der Waals surface area (Å²) in [5.74, 6) is 0.458.